The van der Waals surface area contributed by atoms with Crippen LogP contribution in [0.5, 0.6) is 5.75 Å². The van der Waals surface area contributed by atoms with Crippen LogP contribution in [0.1, 0.15) is 18.7 Å². The number of halogens is 1. The smallest absolute Gasteiger partial charge is 0.258 e. The first-order valence-electron chi connectivity index (χ1n) is 6.16. The van der Waals surface area contributed by atoms with Gasteiger partial charge < -0.3 is 14.6 Å². The monoisotopic (exact) mass is 263 g/mol. The molecule has 1 fully saturated rings. The molecule has 0 bridgehead atoms. The van der Waals surface area contributed by atoms with E-state index < -0.39 is 5.82 Å². The highest BCUT2D eigenvalue weighted by molar-refractivity contribution is 5.55. The molecular weight excluding hydrogens is 249 g/mol. The van der Waals surface area contributed by atoms with Gasteiger partial charge >= 0.3 is 0 Å². The van der Waals surface area contributed by atoms with E-state index in [1.807, 2.05) is 0 Å². The van der Waals surface area contributed by atoms with Crippen LogP contribution in [0.15, 0.2) is 22.7 Å². The van der Waals surface area contributed by atoms with Gasteiger partial charge in [0.05, 0.1) is 13.7 Å². The van der Waals surface area contributed by atoms with Gasteiger partial charge in [0.2, 0.25) is 0 Å². The molecule has 0 aliphatic heterocycles. The number of methoxy groups -OCH3 is 1. The minimum Gasteiger partial charge on any atom is -0.494 e. The molecular formula is C13H14FN3O2. The van der Waals surface area contributed by atoms with Gasteiger partial charge in [0, 0.05) is 11.6 Å². The molecule has 100 valence electrons. The first-order chi connectivity index (χ1) is 9.26. The molecule has 0 saturated heterocycles. The van der Waals surface area contributed by atoms with Gasteiger partial charge in [-0.25, -0.2) is 4.39 Å². The maximum absolute atomic E-state index is 13.3. The third-order valence-electron chi connectivity index (χ3n) is 2.99. The summed E-state index contributed by atoms with van der Waals surface area (Å²) < 4.78 is 23.4. The van der Waals surface area contributed by atoms with E-state index in [-0.39, 0.29) is 5.75 Å². The lowest BCUT2D eigenvalue weighted by Gasteiger charge is -2.02. The zero-order chi connectivity index (χ0) is 13.2. The van der Waals surface area contributed by atoms with Crippen molar-refractivity contribution in [3.05, 3.63) is 29.8 Å². The van der Waals surface area contributed by atoms with Gasteiger partial charge in [-0.1, -0.05) is 5.16 Å². The van der Waals surface area contributed by atoms with Crippen LogP contribution in [-0.2, 0) is 6.54 Å². The van der Waals surface area contributed by atoms with Gasteiger partial charge in [0.1, 0.15) is 0 Å². The third kappa shape index (κ3) is 2.73. The average Bonchev–Trinajstić information content (AvgIpc) is 3.14. The molecule has 0 radical (unpaired) electrons. The van der Waals surface area contributed by atoms with Crippen molar-refractivity contribution < 1.29 is 13.7 Å². The fourth-order valence-corrected chi connectivity index (χ4v) is 1.76. The first kappa shape index (κ1) is 12.1. The van der Waals surface area contributed by atoms with E-state index in [0.717, 1.165) is 0 Å². The maximum atomic E-state index is 13.3. The minimum absolute atomic E-state index is 0.161. The Morgan fingerprint density at radius 2 is 2.32 bits per heavy atom. The number of rotatable bonds is 5. The van der Waals surface area contributed by atoms with Crippen molar-refractivity contribution in [2.45, 2.75) is 25.4 Å². The third-order valence-corrected chi connectivity index (χ3v) is 2.99. The standard InChI is InChI=1S/C13H14FN3O2/c1-18-11-6-8(2-5-10(11)14)13-16-12(17-19-13)7-15-9-3-4-9/h2,5-6,9,15H,3-4,7H2,1H3. The number of ether oxygens (including phenoxy) is 1. The van der Waals surface area contributed by atoms with E-state index in [4.69, 9.17) is 9.26 Å². The van der Waals surface area contributed by atoms with Crippen molar-refractivity contribution in [1.82, 2.24) is 15.5 Å². The summed E-state index contributed by atoms with van der Waals surface area (Å²) in [4.78, 5) is 4.27. The molecule has 1 heterocycles. The number of hydrogen-bond acceptors (Lipinski definition) is 5. The molecule has 1 aliphatic carbocycles. The van der Waals surface area contributed by atoms with Crippen LogP contribution in [0.3, 0.4) is 0 Å². The summed E-state index contributed by atoms with van der Waals surface area (Å²) in [5, 5.41) is 7.19. The summed E-state index contributed by atoms with van der Waals surface area (Å²) >= 11 is 0. The number of nitrogens with one attached hydrogen (secondary N) is 1. The molecule has 0 amide bonds. The van der Waals surface area contributed by atoms with E-state index in [1.54, 1.807) is 12.1 Å². The van der Waals surface area contributed by atoms with Gasteiger partial charge in [-0.2, -0.15) is 4.98 Å². The molecule has 0 spiro atoms. The molecule has 0 unspecified atom stereocenters. The predicted octanol–water partition coefficient (Wildman–Crippen LogP) is 2.14. The van der Waals surface area contributed by atoms with Crippen LogP contribution >= 0.6 is 0 Å². The molecule has 3 rings (SSSR count). The molecule has 19 heavy (non-hydrogen) atoms. The first-order valence-corrected chi connectivity index (χ1v) is 6.16. The quantitative estimate of drug-likeness (QED) is 0.895. The van der Waals surface area contributed by atoms with Crippen molar-refractivity contribution in [2.24, 2.45) is 0 Å². The fourth-order valence-electron chi connectivity index (χ4n) is 1.76. The van der Waals surface area contributed by atoms with Crippen LogP contribution in [0.25, 0.3) is 11.5 Å². The van der Waals surface area contributed by atoms with Crippen molar-refractivity contribution in [3.63, 3.8) is 0 Å². The Morgan fingerprint density at radius 3 is 3.05 bits per heavy atom. The zero-order valence-electron chi connectivity index (χ0n) is 10.5. The summed E-state index contributed by atoms with van der Waals surface area (Å²) in [7, 11) is 1.42. The molecule has 1 aromatic carbocycles. The van der Waals surface area contributed by atoms with Gasteiger partial charge in [-0.3, -0.25) is 0 Å². The lowest BCUT2D eigenvalue weighted by atomic mass is 10.2. The molecule has 1 aliphatic rings. The second-order valence-corrected chi connectivity index (χ2v) is 4.52. The Morgan fingerprint density at radius 1 is 1.47 bits per heavy atom. The lowest BCUT2D eigenvalue weighted by Crippen LogP contribution is -2.16. The minimum atomic E-state index is -0.415. The molecule has 1 saturated carbocycles. The van der Waals surface area contributed by atoms with Crippen molar-refractivity contribution in [2.75, 3.05) is 7.11 Å². The Balaban J connectivity index is 1.77. The van der Waals surface area contributed by atoms with Crippen molar-refractivity contribution in [1.29, 1.82) is 0 Å². The van der Waals surface area contributed by atoms with E-state index in [1.165, 1.54) is 26.0 Å². The van der Waals surface area contributed by atoms with E-state index in [9.17, 15) is 4.39 Å². The van der Waals surface area contributed by atoms with Crippen LogP contribution in [0.4, 0.5) is 4.39 Å². The summed E-state index contributed by atoms with van der Waals surface area (Å²) in [6.07, 6.45) is 2.42. The highest BCUT2D eigenvalue weighted by Gasteiger charge is 2.21. The second kappa shape index (κ2) is 4.97. The summed E-state index contributed by atoms with van der Waals surface area (Å²) in [6.45, 7) is 0.590. The molecule has 1 N–H and O–H groups in total. The fraction of sp³-hybridized carbons (Fsp3) is 0.385. The van der Waals surface area contributed by atoms with Crippen molar-refractivity contribution >= 4 is 0 Å². The molecule has 6 heteroatoms. The average molecular weight is 263 g/mol. The Labute approximate surface area is 109 Å². The van der Waals surface area contributed by atoms with E-state index in [2.05, 4.69) is 15.5 Å². The Kier molecular flexibility index (Phi) is 3.16. The van der Waals surface area contributed by atoms with E-state index in [0.29, 0.717) is 29.9 Å². The lowest BCUT2D eigenvalue weighted by molar-refractivity contribution is 0.385. The zero-order valence-corrected chi connectivity index (χ0v) is 10.5. The van der Waals surface area contributed by atoms with E-state index >= 15 is 0 Å². The summed E-state index contributed by atoms with van der Waals surface area (Å²) in [5.41, 5.74) is 0.642. The maximum Gasteiger partial charge on any atom is 0.258 e. The number of hydrogen-bond donors (Lipinski definition) is 1. The van der Waals surface area contributed by atoms with Gasteiger partial charge in [-0.05, 0) is 31.0 Å². The normalized spacial score (nSPS) is 14.6. The SMILES string of the molecule is COc1cc(-c2nc(CNC3CC3)no2)ccc1F. The Hall–Kier alpha value is -1.95. The highest BCUT2D eigenvalue weighted by atomic mass is 19.1. The Bertz CT molecular complexity index is 581. The highest BCUT2D eigenvalue weighted by Crippen LogP contribution is 2.25. The molecule has 0 atom stereocenters. The molecule has 2 aromatic rings. The number of nitrogens with zero attached hydrogens (tertiary/aromatic N) is 2. The van der Waals surface area contributed by atoms with Gasteiger partial charge in [0.25, 0.3) is 5.89 Å². The largest absolute Gasteiger partial charge is 0.494 e. The van der Waals surface area contributed by atoms with Crippen LogP contribution in [0.2, 0.25) is 0 Å². The number of benzene rings is 1. The summed E-state index contributed by atoms with van der Waals surface area (Å²) in [6, 6.07) is 5.04. The van der Waals surface area contributed by atoms with Crippen LogP contribution < -0.4 is 10.1 Å². The van der Waals surface area contributed by atoms with Crippen LogP contribution in [-0.4, -0.2) is 23.3 Å². The summed E-state index contributed by atoms with van der Waals surface area (Å²) in [5.74, 6) is 0.714. The topological polar surface area (TPSA) is 60.2 Å². The second-order valence-electron chi connectivity index (χ2n) is 4.52. The van der Waals surface area contributed by atoms with Gasteiger partial charge in [0.15, 0.2) is 17.4 Å². The number of aromatic nitrogens is 2. The van der Waals surface area contributed by atoms with Gasteiger partial charge in [-0.15, -0.1) is 0 Å². The predicted molar refractivity (Wildman–Crippen MR) is 66.1 cm³/mol. The molecule has 5 nitrogen and oxygen atoms in total. The van der Waals surface area contributed by atoms with Crippen LogP contribution in [0, 0.1) is 5.82 Å². The van der Waals surface area contributed by atoms with Crippen molar-refractivity contribution in [3.8, 4) is 17.2 Å². The molecule has 1 aromatic heterocycles.